The lowest BCUT2D eigenvalue weighted by Gasteiger charge is -2.11. The second kappa shape index (κ2) is 6.15. The van der Waals surface area contributed by atoms with Crippen LogP contribution in [-0.2, 0) is 17.8 Å². The van der Waals surface area contributed by atoms with Crippen molar-refractivity contribution < 1.29 is 9.21 Å². The number of nitrogens with two attached hydrogens (primary N) is 1. The molecular formula is C14H17N3O2. The molecule has 0 aliphatic heterocycles. The lowest BCUT2D eigenvalue weighted by molar-refractivity contribution is -0.122. The van der Waals surface area contributed by atoms with Crippen LogP contribution in [0.2, 0.25) is 0 Å². The van der Waals surface area contributed by atoms with Gasteiger partial charge in [-0.15, -0.1) is 0 Å². The van der Waals surface area contributed by atoms with Crippen LogP contribution in [0.5, 0.6) is 0 Å². The molecule has 0 bridgehead atoms. The third-order valence-corrected chi connectivity index (χ3v) is 2.80. The van der Waals surface area contributed by atoms with Gasteiger partial charge in [-0.1, -0.05) is 37.3 Å². The number of hydrogen-bond acceptors (Lipinski definition) is 4. The van der Waals surface area contributed by atoms with Crippen LogP contribution in [0.1, 0.15) is 30.2 Å². The van der Waals surface area contributed by atoms with Crippen LogP contribution in [0.4, 0.5) is 0 Å². The summed E-state index contributed by atoms with van der Waals surface area (Å²) in [4.78, 5) is 16.0. The summed E-state index contributed by atoms with van der Waals surface area (Å²) in [5.41, 5.74) is 6.65. The Morgan fingerprint density at radius 3 is 2.79 bits per heavy atom. The highest BCUT2D eigenvalue weighted by Crippen LogP contribution is 2.10. The fourth-order valence-corrected chi connectivity index (χ4v) is 1.68. The molecule has 19 heavy (non-hydrogen) atoms. The predicted molar refractivity (Wildman–Crippen MR) is 71.1 cm³/mol. The van der Waals surface area contributed by atoms with E-state index in [0.29, 0.717) is 5.89 Å². The third kappa shape index (κ3) is 3.42. The van der Waals surface area contributed by atoms with E-state index in [4.69, 9.17) is 10.2 Å². The molecule has 1 aromatic carbocycles. The summed E-state index contributed by atoms with van der Waals surface area (Å²) in [5.74, 6) is 1.05. The molecule has 5 nitrogen and oxygen atoms in total. The normalized spacial score (nSPS) is 12.1. The van der Waals surface area contributed by atoms with Crippen molar-refractivity contribution in [3.63, 3.8) is 0 Å². The van der Waals surface area contributed by atoms with E-state index in [2.05, 4.69) is 10.3 Å². The number of amides is 1. The van der Waals surface area contributed by atoms with Gasteiger partial charge in [0, 0.05) is 6.42 Å². The summed E-state index contributed by atoms with van der Waals surface area (Å²) in [6, 6.07) is 8.55. The summed E-state index contributed by atoms with van der Waals surface area (Å²) in [6.45, 7) is 2.23. The van der Waals surface area contributed by atoms with Crippen molar-refractivity contribution in [1.82, 2.24) is 10.3 Å². The molecule has 100 valence electrons. The first-order chi connectivity index (χ1) is 9.20. The summed E-state index contributed by atoms with van der Waals surface area (Å²) in [7, 11) is 0. The van der Waals surface area contributed by atoms with Crippen LogP contribution in [0, 0.1) is 0 Å². The molecule has 1 amide bonds. The average Bonchev–Trinajstić information content (AvgIpc) is 2.93. The van der Waals surface area contributed by atoms with Gasteiger partial charge in [0.05, 0.1) is 12.7 Å². The first-order valence-electron chi connectivity index (χ1n) is 6.22. The lowest BCUT2D eigenvalue weighted by atomic mass is 10.1. The number of nitrogens with one attached hydrogen (secondary N) is 1. The SMILES string of the molecule is CCc1cnc(CNC(=O)[C@@H](N)c2ccccc2)o1. The van der Waals surface area contributed by atoms with Crippen LogP contribution >= 0.6 is 0 Å². The van der Waals surface area contributed by atoms with E-state index in [9.17, 15) is 4.79 Å². The van der Waals surface area contributed by atoms with Crippen molar-refractivity contribution >= 4 is 5.91 Å². The summed E-state index contributed by atoms with van der Waals surface area (Å²) in [6.07, 6.45) is 2.45. The molecule has 5 heteroatoms. The maximum atomic E-state index is 11.9. The molecule has 2 aromatic rings. The second-order valence-corrected chi connectivity index (χ2v) is 4.18. The van der Waals surface area contributed by atoms with Gasteiger partial charge in [-0.2, -0.15) is 0 Å². The van der Waals surface area contributed by atoms with Crippen molar-refractivity contribution in [1.29, 1.82) is 0 Å². The summed E-state index contributed by atoms with van der Waals surface area (Å²) >= 11 is 0. The Bertz CT molecular complexity index is 537. The fourth-order valence-electron chi connectivity index (χ4n) is 1.68. The van der Waals surface area contributed by atoms with Gasteiger partial charge >= 0.3 is 0 Å². The molecule has 2 rings (SSSR count). The van der Waals surface area contributed by atoms with Gasteiger partial charge in [0.25, 0.3) is 0 Å². The number of rotatable bonds is 5. The molecule has 0 aliphatic rings. The van der Waals surface area contributed by atoms with Crippen LogP contribution in [0.3, 0.4) is 0 Å². The quantitative estimate of drug-likeness (QED) is 0.853. The smallest absolute Gasteiger partial charge is 0.241 e. The monoisotopic (exact) mass is 259 g/mol. The standard InChI is InChI=1S/C14H17N3O2/c1-2-11-8-16-12(19-11)9-17-14(18)13(15)10-6-4-3-5-7-10/h3-8,13H,2,9,15H2,1H3,(H,17,18)/t13-/m0/s1. The van der Waals surface area contributed by atoms with Crippen molar-refractivity contribution in [2.75, 3.05) is 0 Å². The molecule has 0 radical (unpaired) electrons. The topological polar surface area (TPSA) is 81.2 Å². The van der Waals surface area contributed by atoms with Crippen LogP contribution < -0.4 is 11.1 Å². The highest BCUT2D eigenvalue weighted by molar-refractivity contribution is 5.82. The minimum atomic E-state index is -0.679. The summed E-state index contributed by atoms with van der Waals surface area (Å²) < 4.78 is 5.40. The molecule has 1 heterocycles. The number of aryl methyl sites for hydroxylation is 1. The largest absolute Gasteiger partial charge is 0.444 e. The van der Waals surface area contributed by atoms with Crippen molar-refractivity contribution in [2.45, 2.75) is 25.9 Å². The van der Waals surface area contributed by atoms with E-state index in [1.807, 2.05) is 37.3 Å². The number of carbonyl (C=O) groups is 1. The minimum Gasteiger partial charge on any atom is -0.444 e. The fraction of sp³-hybridized carbons (Fsp3) is 0.286. The van der Waals surface area contributed by atoms with Crippen LogP contribution in [-0.4, -0.2) is 10.9 Å². The maximum absolute atomic E-state index is 11.9. The van der Waals surface area contributed by atoms with E-state index >= 15 is 0 Å². The molecule has 0 unspecified atom stereocenters. The molecule has 0 fully saturated rings. The van der Waals surface area contributed by atoms with Gasteiger partial charge in [0.2, 0.25) is 11.8 Å². The number of oxazole rings is 1. The highest BCUT2D eigenvalue weighted by Gasteiger charge is 2.15. The van der Waals surface area contributed by atoms with Crippen LogP contribution in [0.25, 0.3) is 0 Å². The predicted octanol–water partition coefficient (Wildman–Crippen LogP) is 1.55. The van der Waals surface area contributed by atoms with E-state index in [1.54, 1.807) is 6.20 Å². The first kappa shape index (κ1) is 13.3. The molecule has 0 spiro atoms. The van der Waals surface area contributed by atoms with E-state index < -0.39 is 6.04 Å². The number of aromatic nitrogens is 1. The van der Waals surface area contributed by atoms with Crippen LogP contribution in [0.15, 0.2) is 40.9 Å². The van der Waals surface area contributed by atoms with Crippen molar-refractivity contribution in [3.05, 3.63) is 53.7 Å². The van der Waals surface area contributed by atoms with Gasteiger partial charge in [0.15, 0.2) is 0 Å². The van der Waals surface area contributed by atoms with Gasteiger partial charge < -0.3 is 15.5 Å². The summed E-state index contributed by atoms with van der Waals surface area (Å²) in [5, 5.41) is 2.71. The van der Waals surface area contributed by atoms with Gasteiger partial charge in [0.1, 0.15) is 11.8 Å². The molecular weight excluding hydrogens is 242 g/mol. The van der Waals surface area contributed by atoms with E-state index in [0.717, 1.165) is 17.7 Å². The van der Waals surface area contributed by atoms with Crippen molar-refractivity contribution in [3.8, 4) is 0 Å². The van der Waals surface area contributed by atoms with E-state index in [-0.39, 0.29) is 12.5 Å². The lowest BCUT2D eigenvalue weighted by Crippen LogP contribution is -2.33. The number of nitrogens with zero attached hydrogens (tertiary/aromatic N) is 1. The molecule has 0 aliphatic carbocycles. The zero-order valence-electron chi connectivity index (χ0n) is 10.8. The minimum absolute atomic E-state index is 0.248. The Hall–Kier alpha value is -2.14. The zero-order valence-corrected chi connectivity index (χ0v) is 10.8. The average molecular weight is 259 g/mol. The van der Waals surface area contributed by atoms with Gasteiger partial charge in [-0.25, -0.2) is 4.98 Å². The highest BCUT2D eigenvalue weighted by atomic mass is 16.4. The Labute approximate surface area is 111 Å². The third-order valence-electron chi connectivity index (χ3n) is 2.80. The second-order valence-electron chi connectivity index (χ2n) is 4.18. The Morgan fingerprint density at radius 2 is 2.16 bits per heavy atom. The Balaban J connectivity index is 1.91. The molecule has 3 N–H and O–H groups in total. The molecule has 0 saturated heterocycles. The Kier molecular flexibility index (Phi) is 4.30. The molecule has 0 saturated carbocycles. The number of hydrogen-bond donors (Lipinski definition) is 2. The maximum Gasteiger partial charge on any atom is 0.241 e. The van der Waals surface area contributed by atoms with Gasteiger partial charge in [-0.05, 0) is 5.56 Å². The number of benzene rings is 1. The molecule has 1 aromatic heterocycles. The number of carbonyl (C=O) groups excluding carboxylic acids is 1. The zero-order chi connectivity index (χ0) is 13.7. The molecule has 1 atom stereocenters. The van der Waals surface area contributed by atoms with E-state index in [1.165, 1.54) is 0 Å². The van der Waals surface area contributed by atoms with Gasteiger partial charge in [-0.3, -0.25) is 4.79 Å². The Morgan fingerprint density at radius 1 is 1.42 bits per heavy atom. The first-order valence-corrected chi connectivity index (χ1v) is 6.22. The van der Waals surface area contributed by atoms with Crippen molar-refractivity contribution in [2.24, 2.45) is 5.73 Å².